The van der Waals surface area contributed by atoms with E-state index in [9.17, 15) is 4.79 Å². The van der Waals surface area contributed by atoms with Crippen LogP contribution in [0.5, 0.6) is 5.75 Å². The molecule has 0 aromatic heterocycles. The number of aliphatic hydroxyl groups is 1. The zero-order valence-electron chi connectivity index (χ0n) is 22.6. The summed E-state index contributed by atoms with van der Waals surface area (Å²) in [7, 11) is 3.96. The average Bonchev–Trinajstić information content (AvgIpc) is 3.40. The number of aliphatic hydroxyl groups excluding tert-OH is 1. The lowest BCUT2D eigenvalue weighted by molar-refractivity contribution is -0.127. The largest absolute Gasteiger partial charge is 0.494 e. The van der Waals surface area contributed by atoms with Crippen LogP contribution in [-0.4, -0.2) is 56.4 Å². The van der Waals surface area contributed by atoms with E-state index in [4.69, 9.17) is 25.1 Å². The Hall–Kier alpha value is -4.57. The van der Waals surface area contributed by atoms with Crippen LogP contribution in [0.15, 0.2) is 82.9 Å². The first-order valence-corrected chi connectivity index (χ1v) is 12.9. The van der Waals surface area contributed by atoms with E-state index in [1.54, 1.807) is 24.3 Å². The van der Waals surface area contributed by atoms with Gasteiger partial charge in [-0.3, -0.25) is 10.2 Å². The Morgan fingerprint density at radius 2 is 1.90 bits per heavy atom. The first-order chi connectivity index (χ1) is 19.4. The summed E-state index contributed by atoms with van der Waals surface area (Å²) >= 11 is 0. The molecule has 3 aromatic rings. The van der Waals surface area contributed by atoms with E-state index in [1.807, 2.05) is 67.5 Å². The van der Waals surface area contributed by atoms with Gasteiger partial charge in [0.25, 0.3) is 5.91 Å². The molecule has 1 aliphatic rings. The smallest absolute Gasteiger partial charge is 0.266 e. The molecule has 11 nitrogen and oxygen atoms in total. The minimum atomic E-state index is -1.30. The van der Waals surface area contributed by atoms with E-state index in [2.05, 4.69) is 20.9 Å². The van der Waals surface area contributed by atoms with Crippen LogP contribution in [0.2, 0.25) is 0 Å². The summed E-state index contributed by atoms with van der Waals surface area (Å²) in [5.41, 5.74) is 17.4. The van der Waals surface area contributed by atoms with Gasteiger partial charge in [0.05, 0.1) is 6.61 Å². The van der Waals surface area contributed by atoms with Crippen molar-refractivity contribution in [1.29, 1.82) is 0 Å². The first-order valence-electron chi connectivity index (χ1n) is 12.9. The first kappa shape index (κ1) is 28.4. The molecule has 1 aliphatic heterocycles. The molecule has 0 fully saturated rings. The number of hydrogen-bond acceptors (Lipinski definition) is 8. The van der Waals surface area contributed by atoms with Gasteiger partial charge < -0.3 is 19.5 Å². The maximum Gasteiger partial charge on any atom is 0.266 e. The van der Waals surface area contributed by atoms with Crippen molar-refractivity contribution in [2.75, 3.05) is 38.8 Å². The van der Waals surface area contributed by atoms with Gasteiger partial charge in [-0.25, -0.2) is 10.4 Å². The number of hydrogen-bond donors (Lipinski definition) is 3. The van der Waals surface area contributed by atoms with Crippen LogP contribution in [0.25, 0.3) is 10.4 Å². The molecule has 0 aliphatic carbocycles. The number of hydrazine groups is 1. The lowest BCUT2D eigenvalue weighted by atomic mass is 9.91. The second kappa shape index (κ2) is 13.5. The number of aliphatic imine (C=N–C) groups is 1. The van der Waals surface area contributed by atoms with Gasteiger partial charge in [-0.15, -0.1) is 0 Å². The molecule has 11 heteroatoms. The van der Waals surface area contributed by atoms with Gasteiger partial charge in [-0.1, -0.05) is 41.5 Å². The number of ether oxygens (including phenoxy) is 2. The van der Waals surface area contributed by atoms with Crippen molar-refractivity contribution in [3.63, 3.8) is 0 Å². The van der Waals surface area contributed by atoms with E-state index < -0.39 is 5.54 Å². The highest BCUT2D eigenvalue weighted by Gasteiger charge is 2.45. The summed E-state index contributed by atoms with van der Waals surface area (Å²) in [6, 6.07) is 22.3. The number of rotatable bonds is 13. The molecule has 0 bridgehead atoms. The fraction of sp³-hybridized carbons (Fsp3) is 0.310. The zero-order valence-corrected chi connectivity index (χ0v) is 22.6. The van der Waals surface area contributed by atoms with E-state index >= 15 is 0 Å². The summed E-state index contributed by atoms with van der Waals surface area (Å²) in [5, 5.41) is 12.7. The number of benzene rings is 3. The number of anilines is 1. The molecule has 0 unspecified atom stereocenters. The fourth-order valence-electron chi connectivity index (χ4n) is 4.21. The molecular weight excluding hydrogens is 510 g/mol. The van der Waals surface area contributed by atoms with Crippen LogP contribution in [0.4, 0.5) is 11.4 Å². The van der Waals surface area contributed by atoms with Gasteiger partial charge in [0.15, 0.2) is 5.54 Å². The minimum absolute atomic E-state index is 0.00668. The Balaban J connectivity index is 1.54. The Morgan fingerprint density at radius 1 is 1.15 bits per heavy atom. The lowest BCUT2D eigenvalue weighted by Gasteiger charge is -2.24. The van der Waals surface area contributed by atoms with Crippen molar-refractivity contribution < 1.29 is 19.4 Å². The molecule has 3 aromatic carbocycles. The molecule has 1 heterocycles. The van der Waals surface area contributed by atoms with Gasteiger partial charge >= 0.3 is 0 Å². The molecule has 1 amide bonds. The summed E-state index contributed by atoms with van der Waals surface area (Å²) in [4.78, 5) is 23.4. The predicted octanol–water partition coefficient (Wildman–Crippen LogP) is 4.03. The highest BCUT2D eigenvalue weighted by atomic mass is 16.5. The third-order valence-electron chi connectivity index (χ3n) is 6.43. The van der Waals surface area contributed by atoms with Crippen LogP contribution in [0.3, 0.4) is 0 Å². The van der Waals surface area contributed by atoms with Crippen molar-refractivity contribution in [1.82, 2.24) is 10.9 Å². The second-order valence-electron chi connectivity index (χ2n) is 9.55. The monoisotopic (exact) mass is 543 g/mol. The normalized spacial score (nSPS) is 15.9. The summed E-state index contributed by atoms with van der Waals surface area (Å²) < 4.78 is 11.6. The van der Waals surface area contributed by atoms with Crippen molar-refractivity contribution in [2.24, 2.45) is 10.1 Å². The number of carbonyl (C=O) groups excluding carboxylic acids is 1. The van der Waals surface area contributed by atoms with E-state index in [1.165, 1.54) is 0 Å². The van der Waals surface area contributed by atoms with Gasteiger partial charge in [-0.2, -0.15) is 0 Å². The van der Waals surface area contributed by atoms with E-state index in [-0.39, 0.29) is 25.5 Å². The van der Waals surface area contributed by atoms with Gasteiger partial charge in [0, 0.05) is 61.9 Å². The highest BCUT2D eigenvalue weighted by molar-refractivity contribution is 6.00. The van der Waals surface area contributed by atoms with Crippen molar-refractivity contribution >= 4 is 23.2 Å². The molecule has 0 spiro atoms. The summed E-state index contributed by atoms with van der Waals surface area (Å²) in [6.07, 6.45) is 0.709. The van der Waals surface area contributed by atoms with Gasteiger partial charge in [0.2, 0.25) is 5.90 Å². The number of nitrogens with one attached hydrogen (secondary N) is 2. The number of azide groups is 1. The van der Waals surface area contributed by atoms with Gasteiger partial charge in [0.1, 0.15) is 12.4 Å². The van der Waals surface area contributed by atoms with Gasteiger partial charge in [-0.05, 0) is 53.1 Å². The average molecular weight is 544 g/mol. The highest BCUT2D eigenvalue weighted by Crippen LogP contribution is 2.31. The van der Waals surface area contributed by atoms with Crippen LogP contribution in [0, 0.1) is 0 Å². The molecule has 1 atom stereocenters. The molecule has 4 rings (SSSR count). The quantitative estimate of drug-likeness (QED) is 0.0976. The fourth-order valence-corrected chi connectivity index (χ4v) is 4.21. The van der Waals surface area contributed by atoms with Crippen molar-refractivity contribution in [3.05, 3.63) is 99.9 Å². The van der Waals surface area contributed by atoms with E-state index in [0.717, 1.165) is 11.3 Å². The minimum Gasteiger partial charge on any atom is -0.494 e. The molecule has 3 N–H and O–H groups in total. The van der Waals surface area contributed by atoms with Crippen LogP contribution in [-0.2, 0) is 22.5 Å². The third-order valence-corrected chi connectivity index (χ3v) is 6.43. The standard InChI is InChI=1S/C29H33N7O4/c1-36(2)24-12-8-21(9-13-24)19-31-34-28(38)29(18-23-6-3-4-7-26(23)33-35-30)20-40-27(32-29)22-10-14-25(15-11-22)39-17-5-16-37/h3-4,6-15,31,37H,5,16-20H2,1-2H3,(H,34,38)/t29-/m0/s1. The van der Waals surface area contributed by atoms with Crippen molar-refractivity contribution in [3.8, 4) is 5.75 Å². The number of amides is 1. The van der Waals surface area contributed by atoms with Crippen LogP contribution >= 0.6 is 0 Å². The Kier molecular flexibility index (Phi) is 9.58. The zero-order chi connectivity index (χ0) is 28.4. The maximum atomic E-state index is 13.6. The Bertz CT molecular complexity index is 1370. The summed E-state index contributed by atoms with van der Waals surface area (Å²) in [5.74, 6) is 0.621. The lowest BCUT2D eigenvalue weighted by Crippen LogP contribution is -2.52. The molecule has 0 radical (unpaired) electrons. The van der Waals surface area contributed by atoms with Crippen LogP contribution in [0.1, 0.15) is 23.1 Å². The Labute approximate surface area is 233 Å². The molecule has 0 saturated heterocycles. The van der Waals surface area contributed by atoms with Crippen molar-refractivity contribution in [2.45, 2.75) is 24.9 Å². The number of carbonyl (C=O) groups is 1. The molecule has 0 saturated carbocycles. The van der Waals surface area contributed by atoms with E-state index in [0.29, 0.717) is 48.0 Å². The predicted molar refractivity (Wildman–Crippen MR) is 154 cm³/mol. The SMILES string of the molecule is CN(C)c1ccc(CNNC(=O)[C@]2(Cc3ccccc3N=[N+]=[N-])COC(c3ccc(OCCCO)cc3)=N2)cc1. The molecule has 208 valence electrons. The Morgan fingerprint density at radius 3 is 2.60 bits per heavy atom. The number of nitrogens with zero attached hydrogens (tertiary/aromatic N) is 5. The molecule has 40 heavy (non-hydrogen) atoms. The molecular formula is C29H33N7O4. The topological polar surface area (TPSA) is 144 Å². The van der Waals surface area contributed by atoms with Crippen LogP contribution < -0.4 is 20.5 Å². The third kappa shape index (κ3) is 7.09. The summed E-state index contributed by atoms with van der Waals surface area (Å²) in [6.45, 7) is 0.897. The second-order valence-corrected chi connectivity index (χ2v) is 9.55. The maximum absolute atomic E-state index is 13.6.